The van der Waals surface area contributed by atoms with Crippen LogP contribution in [0, 0.1) is 35.5 Å². The molecule has 4 saturated carbocycles. The molecular formula is C16H28N2. The molecule has 2 heteroatoms. The van der Waals surface area contributed by atoms with Gasteiger partial charge in [0.1, 0.15) is 0 Å². The van der Waals surface area contributed by atoms with Crippen molar-refractivity contribution in [1.82, 2.24) is 5.43 Å². The van der Waals surface area contributed by atoms with Gasteiger partial charge >= 0.3 is 0 Å². The summed E-state index contributed by atoms with van der Waals surface area (Å²) in [6, 6.07) is 0.645. The molecule has 18 heavy (non-hydrogen) atoms. The monoisotopic (exact) mass is 248 g/mol. The van der Waals surface area contributed by atoms with E-state index >= 15 is 0 Å². The summed E-state index contributed by atoms with van der Waals surface area (Å²) in [6.07, 6.45) is 13.3. The second-order valence-electron chi connectivity index (χ2n) is 7.58. The van der Waals surface area contributed by atoms with Crippen LogP contribution in [0.3, 0.4) is 0 Å². The highest BCUT2D eigenvalue weighted by Crippen LogP contribution is 2.70. The van der Waals surface area contributed by atoms with Crippen LogP contribution in [0.15, 0.2) is 0 Å². The fourth-order valence-corrected chi connectivity index (χ4v) is 6.05. The van der Waals surface area contributed by atoms with Crippen molar-refractivity contribution in [1.29, 1.82) is 0 Å². The fraction of sp³-hybridized carbons (Fsp3) is 1.00. The minimum absolute atomic E-state index is 0.645. The molecule has 0 aromatic carbocycles. The molecule has 3 N–H and O–H groups in total. The van der Waals surface area contributed by atoms with E-state index < -0.39 is 0 Å². The highest BCUT2D eigenvalue weighted by molar-refractivity contribution is 5.15. The highest BCUT2D eigenvalue weighted by atomic mass is 15.2. The van der Waals surface area contributed by atoms with Gasteiger partial charge in [-0.2, -0.15) is 0 Å². The van der Waals surface area contributed by atoms with Gasteiger partial charge in [-0.1, -0.05) is 32.1 Å². The first-order valence-electron chi connectivity index (χ1n) is 8.34. The Labute approximate surface area is 111 Å². The van der Waals surface area contributed by atoms with Gasteiger partial charge in [-0.25, -0.2) is 0 Å². The Morgan fingerprint density at radius 3 is 2.22 bits per heavy atom. The summed E-state index contributed by atoms with van der Waals surface area (Å²) in [6.45, 7) is 0. The molecule has 4 aliphatic carbocycles. The van der Waals surface area contributed by atoms with Crippen LogP contribution in [0.1, 0.15) is 57.8 Å². The zero-order valence-corrected chi connectivity index (χ0v) is 11.5. The summed E-state index contributed by atoms with van der Waals surface area (Å²) in [5.74, 6) is 12.2. The highest BCUT2D eigenvalue weighted by Gasteiger charge is 2.66. The lowest BCUT2D eigenvalue weighted by Crippen LogP contribution is -2.40. The lowest BCUT2D eigenvalue weighted by Gasteiger charge is -2.27. The molecule has 0 aromatic rings. The van der Waals surface area contributed by atoms with Gasteiger partial charge in [-0.15, -0.1) is 0 Å². The van der Waals surface area contributed by atoms with Gasteiger partial charge in [0.2, 0.25) is 0 Å². The summed E-state index contributed by atoms with van der Waals surface area (Å²) >= 11 is 0. The Balaban J connectivity index is 1.38. The minimum atomic E-state index is 0.645. The molecule has 0 heterocycles. The van der Waals surface area contributed by atoms with Crippen molar-refractivity contribution in [3.8, 4) is 0 Å². The van der Waals surface area contributed by atoms with Gasteiger partial charge in [0.15, 0.2) is 0 Å². The number of hydrogen-bond donors (Lipinski definition) is 2. The topological polar surface area (TPSA) is 38.0 Å². The standard InChI is InChI=1S/C16H28N2/c17-18-13(8-10-4-2-1-3-5-10)16-14-11-6-7-12(9-11)15(14)16/h10-16,18H,1-9,17H2. The predicted octanol–water partition coefficient (Wildman–Crippen LogP) is 3.08. The molecule has 5 atom stereocenters. The van der Waals surface area contributed by atoms with E-state index in [0.717, 1.165) is 35.5 Å². The molecule has 4 aliphatic rings. The molecule has 102 valence electrons. The van der Waals surface area contributed by atoms with Crippen molar-refractivity contribution in [2.45, 2.75) is 63.8 Å². The summed E-state index contributed by atoms with van der Waals surface area (Å²) in [4.78, 5) is 0. The Morgan fingerprint density at radius 2 is 1.61 bits per heavy atom. The van der Waals surface area contributed by atoms with Crippen molar-refractivity contribution in [2.75, 3.05) is 0 Å². The first-order chi connectivity index (χ1) is 8.88. The number of hydrogen-bond acceptors (Lipinski definition) is 2. The maximum absolute atomic E-state index is 5.90. The Morgan fingerprint density at radius 1 is 0.944 bits per heavy atom. The van der Waals surface area contributed by atoms with Crippen LogP contribution < -0.4 is 11.3 Å². The van der Waals surface area contributed by atoms with E-state index in [9.17, 15) is 0 Å². The lowest BCUT2D eigenvalue weighted by atomic mass is 9.82. The third kappa shape index (κ3) is 1.76. The molecule has 4 rings (SSSR count). The number of hydrazine groups is 1. The minimum Gasteiger partial charge on any atom is -0.271 e. The smallest absolute Gasteiger partial charge is 0.0247 e. The molecule has 0 amide bonds. The second kappa shape index (κ2) is 4.49. The van der Waals surface area contributed by atoms with Crippen LogP contribution in [0.2, 0.25) is 0 Å². The quantitative estimate of drug-likeness (QED) is 0.593. The second-order valence-corrected chi connectivity index (χ2v) is 7.58. The van der Waals surface area contributed by atoms with E-state index in [4.69, 9.17) is 5.84 Å². The average Bonchev–Trinajstić information content (AvgIpc) is 2.84. The van der Waals surface area contributed by atoms with Crippen molar-refractivity contribution in [3.05, 3.63) is 0 Å². The van der Waals surface area contributed by atoms with Gasteiger partial charge in [0, 0.05) is 6.04 Å². The number of rotatable bonds is 4. The van der Waals surface area contributed by atoms with Crippen LogP contribution in [0.4, 0.5) is 0 Å². The molecule has 0 spiro atoms. The number of nitrogens with one attached hydrogen (secondary N) is 1. The maximum atomic E-state index is 5.90. The molecule has 0 radical (unpaired) electrons. The van der Waals surface area contributed by atoms with Gasteiger partial charge in [0.05, 0.1) is 0 Å². The van der Waals surface area contributed by atoms with Crippen LogP contribution in [0.5, 0.6) is 0 Å². The molecule has 4 fully saturated rings. The third-order valence-corrected chi connectivity index (χ3v) is 6.79. The molecule has 5 unspecified atom stereocenters. The van der Waals surface area contributed by atoms with Crippen molar-refractivity contribution in [2.24, 2.45) is 41.4 Å². The molecule has 0 saturated heterocycles. The van der Waals surface area contributed by atoms with Crippen LogP contribution in [-0.4, -0.2) is 6.04 Å². The summed E-state index contributed by atoms with van der Waals surface area (Å²) in [5, 5.41) is 0. The van der Waals surface area contributed by atoms with E-state index in [-0.39, 0.29) is 0 Å². The predicted molar refractivity (Wildman–Crippen MR) is 73.6 cm³/mol. The van der Waals surface area contributed by atoms with Crippen molar-refractivity contribution >= 4 is 0 Å². The first kappa shape index (κ1) is 11.7. The van der Waals surface area contributed by atoms with Crippen LogP contribution in [0.25, 0.3) is 0 Å². The third-order valence-electron chi connectivity index (χ3n) is 6.79. The molecule has 0 aromatic heterocycles. The Bertz CT molecular complexity index is 294. The lowest BCUT2D eigenvalue weighted by molar-refractivity contribution is 0.263. The van der Waals surface area contributed by atoms with Gasteiger partial charge in [-0.3, -0.25) is 11.3 Å². The van der Waals surface area contributed by atoms with E-state index in [1.807, 2.05) is 0 Å². The van der Waals surface area contributed by atoms with E-state index in [0.29, 0.717) is 6.04 Å². The molecule has 0 aliphatic heterocycles. The molecular weight excluding hydrogens is 220 g/mol. The summed E-state index contributed by atoms with van der Waals surface area (Å²) < 4.78 is 0. The van der Waals surface area contributed by atoms with Gasteiger partial charge < -0.3 is 0 Å². The summed E-state index contributed by atoms with van der Waals surface area (Å²) in [5.41, 5.74) is 3.21. The molecule has 2 bridgehead atoms. The van der Waals surface area contributed by atoms with E-state index in [1.54, 1.807) is 6.42 Å². The van der Waals surface area contributed by atoms with Crippen LogP contribution in [-0.2, 0) is 0 Å². The summed E-state index contributed by atoms with van der Waals surface area (Å²) in [7, 11) is 0. The number of nitrogens with two attached hydrogens (primary N) is 1. The maximum Gasteiger partial charge on any atom is 0.0247 e. The van der Waals surface area contributed by atoms with Gasteiger partial charge in [0.25, 0.3) is 0 Å². The zero-order valence-electron chi connectivity index (χ0n) is 11.5. The van der Waals surface area contributed by atoms with Crippen LogP contribution >= 0.6 is 0 Å². The van der Waals surface area contributed by atoms with Crippen molar-refractivity contribution < 1.29 is 0 Å². The average molecular weight is 248 g/mol. The first-order valence-corrected chi connectivity index (χ1v) is 8.34. The van der Waals surface area contributed by atoms with Crippen molar-refractivity contribution in [3.63, 3.8) is 0 Å². The Hall–Kier alpha value is -0.0800. The fourth-order valence-electron chi connectivity index (χ4n) is 6.05. The molecule has 2 nitrogen and oxygen atoms in total. The van der Waals surface area contributed by atoms with Gasteiger partial charge in [-0.05, 0) is 61.2 Å². The zero-order chi connectivity index (χ0) is 12.1. The SMILES string of the molecule is NNC(CC1CCCCC1)C1C2C3CCC(C3)C21. The Kier molecular flexibility index (Phi) is 2.92. The van der Waals surface area contributed by atoms with E-state index in [2.05, 4.69) is 5.43 Å². The van der Waals surface area contributed by atoms with E-state index in [1.165, 1.54) is 51.4 Å². The normalized spacial score (nSPS) is 48.2. The number of fused-ring (bicyclic) bond motifs is 5. The largest absolute Gasteiger partial charge is 0.271 e.